The third-order valence-corrected chi connectivity index (χ3v) is 4.96. The van der Waals surface area contributed by atoms with E-state index in [4.69, 9.17) is 9.47 Å². The largest absolute Gasteiger partial charge is 0.497 e. The van der Waals surface area contributed by atoms with Gasteiger partial charge in [-0.15, -0.1) is 11.8 Å². The van der Waals surface area contributed by atoms with Crippen molar-refractivity contribution in [2.45, 2.75) is 17.1 Å². The highest BCUT2D eigenvalue weighted by molar-refractivity contribution is 8.00. The van der Waals surface area contributed by atoms with Gasteiger partial charge in [-0.25, -0.2) is 9.59 Å². The Labute approximate surface area is 167 Å². The van der Waals surface area contributed by atoms with Crippen LogP contribution in [0.4, 0.5) is 5.69 Å². The van der Waals surface area contributed by atoms with Crippen LogP contribution in [0.5, 0.6) is 5.75 Å². The number of benzene rings is 2. The first-order chi connectivity index (χ1) is 13.4. The lowest BCUT2D eigenvalue weighted by molar-refractivity contribution is -0.115. The highest BCUT2D eigenvalue weighted by atomic mass is 32.2. The molecule has 0 bridgehead atoms. The number of amides is 1. The fraction of sp³-hybridized carbons (Fsp3) is 0.250. The lowest BCUT2D eigenvalue weighted by atomic mass is 10.1. The van der Waals surface area contributed by atoms with Crippen molar-refractivity contribution in [3.8, 4) is 5.75 Å². The summed E-state index contributed by atoms with van der Waals surface area (Å²) in [6, 6.07) is 11.6. The van der Waals surface area contributed by atoms with Crippen LogP contribution >= 0.6 is 11.8 Å². The molecule has 0 spiro atoms. The highest BCUT2D eigenvalue weighted by Gasteiger charge is 2.20. The number of rotatable bonds is 7. The molecule has 0 aliphatic heterocycles. The number of carbonyl (C=O) groups excluding carboxylic acids is 3. The predicted molar refractivity (Wildman–Crippen MR) is 106 cm³/mol. The molecule has 0 fully saturated rings. The van der Waals surface area contributed by atoms with Crippen LogP contribution in [0.25, 0.3) is 0 Å². The highest BCUT2D eigenvalue weighted by Crippen LogP contribution is 2.27. The monoisotopic (exact) mass is 403 g/mol. The van der Waals surface area contributed by atoms with Crippen molar-refractivity contribution in [2.75, 3.05) is 26.6 Å². The van der Waals surface area contributed by atoms with E-state index in [1.807, 2.05) is 24.3 Å². The molecule has 28 heavy (non-hydrogen) atoms. The van der Waals surface area contributed by atoms with Crippen LogP contribution in [-0.4, -0.2) is 44.4 Å². The fourth-order valence-electron chi connectivity index (χ4n) is 2.33. The summed E-state index contributed by atoms with van der Waals surface area (Å²) in [6.07, 6.45) is 0. The van der Waals surface area contributed by atoms with E-state index < -0.39 is 17.2 Å². The van der Waals surface area contributed by atoms with Gasteiger partial charge in [0.05, 0.1) is 43.4 Å². The number of thioether (sulfide) groups is 1. The predicted octanol–water partition coefficient (Wildman–Crippen LogP) is 3.39. The molecular weight excluding hydrogens is 382 g/mol. The number of nitrogens with one attached hydrogen (secondary N) is 1. The molecule has 2 aromatic rings. The molecule has 2 aromatic carbocycles. The summed E-state index contributed by atoms with van der Waals surface area (Å²) in [5.74, 6) is -0.800. The zero-order chi connectivity index (χ0) is 20.7. The van der Waals surface area contributed by atoms with Crippen LogP contribution in [-0.2, 0) is 14.3 Å². The van der Waals surface area contributed by atoms with E-state index in [1.165, 1.54) is 44.2 Å². The second-order valence-electron chi connectivity index (χ2n) is 5.67. The van der Waals surface area contributed by atoms with Crippen LogP contribution in [0.1, 0.15) is 27.6 Å². The normalized spacial score (nSPS) is 11.3. The number of anilines is 1. The topological polar surface area (TPSA) is 90.9 Å². The summed E-state index contributed by atoms with van der Waals surface area (Å²) in [4.78, 5) is 37.3. The molecule has 0 radical (unpaired) electrons. The Morgan fingerprint density at radius 2 is 1.57 bits per heavy atom. The van der Waals surface area contributed by atoms with Crippen LogP contribution in [0.2, 0.25) is 0 Å². The smallest absolute Gasteiger partial charge is 0.339 e. The Bertz CT molecular complexity index is 865. The Morgan fingerprint density at radius 3 is 2.14 bits per heavy atom. The van der Waals surface area contributed by atoms with E-state index >= 15 is 0 Å². The van der Waals surface area contributed by atoms with E-state index in [0.29, 0.717) is 0 Å². The van der Waals surface area contributed by atoms with Crippen molar-refractivity contribution >= 4 is 35.3 Å². The van der Waals surface area contributed by atoms with Gasteiger partial charge >= 0.3 is 11.9 Å². The van der Waals surface area contributed by atoms with E-state index in [2.05, 4.69) is 10.1 Å². The molecule has 1 amide bonds. The van der Waals surface area contributed by atoms with Crippen molar-refractivity contribution in [1.82, 2.24) is 0 Å². The molecule has 0 saturated carbocycles. The van der Waals surface area contributed by atoms with Gasteiger partial charge in [-0.2, -0.15) is 0 Å². The second-order valence-corrected chi connectivity index (χ2v) is 7.08. The van der Waals surface area contributed by atoms with E-state index in [-0.39, 0.29) is 22.7 Å². The number of methoxy groups -OCH3 is 3. The van der Waals surface area contributed by atoms with Gasteiger partial charge in [-0.1, -0.05) is 0 Å². The summed E-state index contributed by atoms with van der Waals surface area (Å²) < 4.78 is 14.5. The molecule has 1 atom stereocenters. The maximum absolute atomic E-state index is 12.6. The van der Waals surface area contributed by atoms with Gasteiger partial charge in [-0.3, -0.25) is 4.79 Å². The summed E-state index contributed by atoms with van der Waals surface area (Å²) >= 11 is 1.35. The van der Waals surface area contributed by atoms with Crippen molar-refractivity contribution in [1.29, 1.82) is 0 Å². The molecular formula is C20H21NO6S. The van der Waals surface area contributed by atoms with Gasteiger partial charge in [0, 0.05) is 4.90 Å². The third-order valence-electron chi connectivity index (χ3n) is 3.85. The summed E-state index contributed by atoms with van der Waals surface area (Å²) in [5, 5.41) is 2.24. The van der Waals surface area contributed by atoms with Crippen molar-refractivity contribution < 1.29 is 28.6 Å². The standard InChI is InChI=1S/C20H21NO6S/c1-12(28-15-8-6-14(25-2)7-9-15)18(22)21-17-11-13(19(23)26-3)5-10-16(17)20(24)27-4/h5-12H,1-4H3,(H,21,22). The SMILES string of the molecule is COC(=O)c1ccc(C(=O)OC)c(NC(=O)C(C)Sc2ccc(OC)cc2)c1. The fourth-order valence-corrected chi connectivity index (χ4v) is 3.19. The van der Waals surface area contributed by atoms with Gasteiger partial charge in [0.25, 0.3) is 0 Å². The third kappa shape index (κ3) is 5.26. The zero-order valence-electron chi connectivity index (χ0n) is 16.0. The van der Waals surface area contributed by atoms with Crippen LogP contribution in [0, 0.1) is 0 Å². The Morgan fingerprint density at radius 1 is 0.929 bits per heavy atom. The quantitative estimate of drug-likeness (QED) is 0.560. The van der Waals surface area contributed by atoms with Crippen molar-refractivity contribution in [3.63, 3.8) is 0 Å². The van der Waals surface area contributed by atoms with Crippen LogP contribution in [0.15, 0.2) is 47.4 Å². The molecule has 0 aliphatic rings. The average Bonchev–Trinajstić information content (AvgIpc) is 2.72. The maximum atomic E-state index is 12.6. The van der Waals surface area contributed by atoms with Gasteiger partial charge < -0.3 is 19.5 Å². The summed E-state index contributed by atoms with van der Waals surface area (Å²) in [7, 11) is 4.08. The second kappa shape index (κ2) is 9.80. The molecule has 0 aromatic heterocycles. The summed E-state index contributed by atoms with van der Waals surface area (Å²) in [5.41, 5.74) is 0.535. The Hall–Kier alpha value is -3.00. The Balaban J connectivity index is 2.19. The number of carbonyl (C=O) groups is 3. The lowest BCUT2D eigenvalue weighted by Crippen LogP contribution is -2.24. The minimum absolute atomic E-state index is 0.144. The van der Waals surface area contributed by atoms with E-state index in [0.717, 1.165) is 10.6 Å². The number of hydrogen-bond acceptors (Lipinski definition) is 7. The molecule has 2 rings (SSSR count). The lowest BCUT2D eigenvalue weighted by Gasteiger charge is -2.15. The molecule has 1 unspecified atom stereocenters. The first-order valence-corrected chi connectivity index (χ1v) is 9.19. The van der Waals surface area contributed by atoms with E-state index in [9.17, 15) is 14.4 Å². The summed E-state index contributed by atoms with van der Waals surface area (Å²) in [6.45, 7) is 1.74. The number of hydrogen-bond donors (Lipinski definition) is 1. The van der Waals surface area contributed by atoms with Crippen molar-refractivity contribution in [2.24, 2.45) is 0 Å². The van der Waals surface area contributed by atoms with Crippen molar-refractivity contribution in [3.05, 3.63) is 53.6 Å². The van der Waals surface area contributed by atoms with Gasteiger partial charge in [0.2, 0.25) is 5.91 Å². The first-order valence-electron chi connectivity index (χ1n) is 8.31. The van der Waals surface area contributed by atoms with E-state index in [1.54, 1.807) is 14.0 Å². The minimum atomic E-state index is -0.623. The number of esters is 2. The minimum Gasteiger partial charge on any atom is -0.497 e. The first kappa shape index (κ1) is 21.3. The molecule has 0 aliphatic carbocycles. The molecule has 8 heteroatoms. The molecule has 0 heterocycles. The Kier molecular flexibility index (Phi) is 7.45. The van der Waals surface area contributed by atoms with Gasteiger partial charge in [0.15, 0.2) is 0 Å². The van der Waals surface area contributed by atoms with Crippen LogP contribution < -0.4 is 10.1 Å². The maximum Gasteiger partial charge on any atom is 0.339 e. The van der Waals surface area contributed by atoms with Gasteiger partial charge in [0.1, 0.15) is 5.75 Å². The molecule has 1 N–H and O–H groups in total. The van der Waals surface area contributed by atoms with Crippen LogP contribution in [0.3, 0.4) is 0 Å². The number of ether oxygens (including phenoxy) is 3. The van der Waals surface area contributed by atoms with Gasteiger partial charge in [-0.05, 0) is 49.4 Å². The zero-order valence-corrected chi connectivity index (χ0v) is 16.8. The molecule has 0 saturated heterocycles. The average molecular weight is 403 g/mol. The molecule has 148 valence electrons. The molecule has 7 nitrogen and oxygen atoms in total.